The van der Waals surface area contributed by atoms with Crippen molar-refractivity contribution in [3.8, 4) is 0 Å². The van der Waals surface area contributed by atoms with Crippen molar-refractivity contribution in [2.75, 3.05) is 13.1 Å². The van der Waals surface area contributed by atoms with E-state index in [1.54, 1.807) is 4.90 Å². The molecule has 0 aromatic rings. The molecule has 106 valence electrons. The molecule has 1 aliphatic heterocycles. The Bertz CT molecular complexity index is 424. The molecular formula is C13H20N2O4. The molecule has 2 aliphatic rings. The van der Waals surface area contributed by atoms with Crippen molar-refractivity contribution in [2.45, 2.75) is 26.7 Å². The van der Waals surface area contributed by atoms with Crippen LogP contribution < -0.4 is 5.73 Å². The van der Waals surface area contributed by atoms with Gasteiger partial charge >= 0.3 is 5.97 Å². The third-order valence-electron chi connectivity index (χ3n) is 4.57. The third-order valence-corrected chi connectivity index (χ3v) is 4.57. The van der Waals surface area contributed by atoms with Gasteiger partial charge < -0.3 is 15.7 Å². The maximum atomic E-state index is 12.3. The van der Waals surface area contributed by atoms with Crippen LogP contribution in [0.15, 0.2) is 0 Å². The van der Waals surface area contributed by atoms with E-state index in [0.717, 1.165) is 0 Å². The van der Waals surface area contributed by atoms with E-state index in [9.17, 15) is 14.4 Å². The van der Waals surface area contributed by atoms with Gasteiger partial charge in [0.25, 0.3) is 0 Å². The number of carboxylic acid groups (broad SMARTS) is 1. The molecule has 1 aliphatic carbocycles. The fourth-order valence-corrected chi connectivity index (χ4v) is 3.14. The van der Waals surface area contributed by atoms with Gasteiger partial charge in [0.1, 0.15) is 0 Å². The molecule has 1 saturated carbocycles. The van der Waals surface area contributed by atoms with Crippen molar-refractivity contribution in [1.82, 2.24) is 4.90 Å². The first-order chi connectivity index (χ1) is 8.76. The average molecular weight is 268 g/mol. The molecule has 19 heavy (non-hydrogen) atoms. The standard InChI is InChI=1S/C13H20N2O4/c1-13(2)8(9(13)12(18)19)11(17)15-5-3-7(4-6-15)10(14)16/h7-9H,3-6H2,1-2H3,(H2,14,16)(H,18,19). The van der Waals surface area contributed by atoms with E-state index in [1.807, 2.05) is 13.8 Å². The largest absolute Gasteiger partial charge is 0.481 e. The SMILES string of the molecule is CC1(C)C(C(=O)O)C1C(=O)N1CCC(C(N)=O)CC1. The van der Waals surface area contributed by atoms with E-state index in [1.165, 1.54) is 0 Å². The molecule has 2 atom stereocenters. The Labute approximate surface area is 111 Å². The van der Waals surface area contributed by atoms with Gasteiger partial charge in [-0.2, -0.15) is 0 Å². The molecule has 6 heteroatoms. The summed E-state index contributed by atoms with van der Waals surface area (Å²) >= 11 is 0. The van der Waals surface area contributed by atoms with Crippen molar-refractivity contribution in [1.29, 1.82) is 0 Å². The summed E-state index contributed by atoms with van der Waals surface area (Å²) in [5.74, 6) is -2.51. The smallest absolute Gasteiger partial charge is 0.307 e. The van der Waals surface area contributed by atoms with Gasteiger partial charge in [0.05, 0.1) is 11.8 Å². The van der Waals surface area contributed by atoms with Gasteiger partial charge in [-0.05, 0) is 18.3 Å². The Morgan fingerprint density at radius 2 is 1.68 bits per heavy atom. The van der Waals surface area contributed by atoms with Gasteiger partial charge in [-0.15, -0.1) is 0 Å². The molecule has 1 saturated heterocycles. The molecule has 0 aromatic carbocycles. The first-order valence-electron chi connectivity index (χ1n) is 6.57. The fourth-order valence-electron chi connectivity index (χ4n) is 3.14. The Hall–Kier alpha value is -1.59. The van der Waals surface area contributed by atoms with Crippen LogP contribution in [0.4, 0.5) is 0 Å². The number of aliphatic carboxylic acids is 1. The van der Waals surface area contributed by atoms with E-state index >= 15 is 0 Å². The average Bonchev–Trinajstić information content (AvgIpc) is 2.91. The molecule has 2 rings (SSSR count). The van der Waals surface area contributed by atoms with E-state index in [0.29, 0.717) is 25.9 Å². The molecule has 0 bridgehead atoms. The maximum absolute atomic E-state index is 12.3. The normalized spacial score (nSPS) is 29.9. The minimum absolute atomic E-state index is 0.0969. The van der Waals surface area contributed by atoms with Crippen LogP contribution in [0.2, 0.25) is 0 Å². The van der Waals surface area contributed by atoms with Gasteiger partial charge in [-0.3, -0.25) is 14.4 Å². The topological polar surface area (TPSA) is 101 Å². The summed E-state index contributed by atoms with van der Waals surface area (Å²) in [5.41, 5.74) is 4.78. The summed E-state index contributed by atoms with van der Waals surface area (Å²) in [6, 6.07) is 0. The Morgan fingerprint density at radius 3 is 2.05 bits per heavy atom. The van der Waals surface area contributed by atoms with E-state index in [4.69, 9.17) is 10.8 Å². The summed E-state index contributed by atoms with van der Waals surface area (Å²) in [6.07, 6.45) is 1.15. The van der Waals surface area contributed by atoms with Crippen molar-refractivity contribution >= 4 is 17.8 Å². The summed E-state index contributed by atoms with van der Waals surface area (Å²) in [7, 11) is 0. The van der Waals surface area contributed by atoms with Crippen LogP contribution >= 0.6 is 0 Å². The van der Waals surface area contributed by atoms with E-state index in [2.05, 4.69) is 0 Å². The zero-order valence-corrected chi connectivity index (χ0v) is 11.3. The highest BCUT2D eigenvalue weighted by Gasteiger charge is 2.66. The van der Waals surface area contributed by atoms with Crippen LogP contribution in [0.25, 0.3) is 0 Å². The number of hydrogen-bond donors (Lipinski definition) is 2. The molecule has 2 fully saturated rings. The number of carboxylic acids is 1. The van der Waals surface area contributed by atoms with Crippen molar-refractivity contribution in [3.63, 3.8) is 0 Å². The van der Waals surface area contributed by atoms with Crippen molar-refractivity contribution < 1.29 is 19.5 Å². The highest BCUT2D eigenvalue weighted by atomic mass is 16.4. The van der Waals surface area contributed by atoms with Crippen LogP contribution in [-0.4, -0.2) is 40.9 Å². The predicted octanol–water partition coefficient (Wildman–Crippen LogP) is 0.0671. The summed E-state index contributed by atoms with van der Waals surface area (Å²) < 4.78 is 0. The molecule has 3 N–H and O–H groups in total. The first-order valence-corrected chi connectivity index (χ1v) is 6.57. The number of carbonyl (C=O) groups excluding carboxylic acids is 2. The van der Waals surface area contributed by atoms with Gasteiger partial charge in [-0.25, -0.2) is 0 Å². The lowest BCUT2D eigenvalue weighted by Gasteiger charge is -2.31. The molecule has 0 aromatic heterocycles. The van der Waals surface area contributed by atoms with Crippen LogP contribution in [0.1, 0.15) is 26.7 Å². The van der Waals surface area contributed by atoms with E-state index in [-0.39, 0.29) is 17.7 Å². The Balaban J connectivity index is 1.96. The zero-order valence-electron chi connectivity index (χ0n) is 11.3. The van der Waals surface area contributed by atoms with Crippen molar-refractivity contribution in [3.05, 3.63) is 0 Å². The monoisotopic (exact) mass is 268 g/mol. The molecule has 2 amide bonds. The third kappa shape index (κ3) is 2.31. The summed E-state index contributed by atoms with van der Waals surface area (Å²) in [5, 5.41) is 9.09. The van der Waals surface area contributed by atoms with Crippen LogP contribution in [0.5, 0.6) is 0 Å². The van der Waals surface area contributed by atoms with E-state index < -0.39 is 23.2 Å². The lowest BCUT2D eigenvalue weighted by atomic mass is 9.95. The second kappa shape index (κ2) is 4.51. The maximum Gasteiger partial charge on any atom is 0.307 e. The lowest BCUT2D eigenvalue weighted by molar-refractivity contribution is -0.142. The van der Waals surface area contributed by atoms with Crippen LogP contribution in [0, 0.1) is 23.2 Å². The number of nitrogens with two attached hydrogens (primary N) is 1. The van der Waals surface area contributed by atoms with Gasteiger partial charge in [0, 0.05) is 19.0 Å². The second-order valence-electron chi connectivity index (χ2n) is 6.12. The highest BCUT2D eigenvalue weighted by Crippen LogP contribution is 2.59. The zero-order chi connectivity index (χ0) is 14.4. The second-order valence-corrected chi connectivity index (χ2v) is 6.12. The Kier molecular flexibility index (Phi) is 3.28. The first kappa shape index (κ1) is 13.8. The highest BCUT2D eigenvalue weighted by molar-refractivity contribution is 5.91. The number of carbonyl (C=O) groups is 3. The lowest BCUT2D eigenvalue weighted by Crippen LogP contribution is -2.43. The minimum Gasteiger partial charge on any atom is -0.481 e. The van der Waals surface area contributed by atoms with Crippen molar-refractivity contribution in [2.24, 2.45) is 28.9 Å². The minimum atomic E-state index is -0.907. The number of primary amides is 1. The Morgan fingerprint density at radius 1 is 1.16 bits per heavy atom. The number of amides is 2. The molecule has 1 heterocycles. The predicted molar refractivity (Wildman–Crippen MR) is 66.9 cm³/mol. The summed E-state index contributed by atoms with van der Waals surface area (Å²) in [6.45, 7) is 4.60. The molecule has 2 unspecified atom stereocenters. The number of hydrogen-bond acceptors (Lipinski definition) is 3. The quantitative estimate of drug-likeness (QED) is 0.756. The van der Waals surface area contributed by atoms with Gasteiger partial charge in [-0.1, -0.05) is 13.8 Å². The molecule has 0 radical (unpaired) electrons. The van der Waals surface area contributed by atoms with Crippen LogP contribution in [0.3, 0.4) is 0 Å². The van der Waals surface area contributed by atoms with Crippen LogP contribution in [-0.2, 0) is 14.4 Å². The number of rotatable bonds is 3. The van der Waals surface area contributed by atoms with Gasteiger partial charge in [0.15, 0.2) is 0 Å². The number of likely N-dealkylation sites (tertiary alicyclic amines) is 1. The molecule has 0 spiro atoms. The molecular weight excluding hydrogens is 248 g/mol. The molecule has 6 nitrogen and oxygen atoms in total. The van der Waals surface area contributed by atoms with Gasteiger partial charge in [0.2, 0.25) is 11.8 Å². The fraction of sp³-hybridized carbons (Fsp3) is 0.769. The number of nitrogens with zero attached hydrogens (tertiary/aromatic N) is 1. The number of piperidine rings is 1. The summed E-state index contributed by atoms with van der Waals surface area (Å²) in [4.78, 5) is 36.1.